The highest BCUT2D eigenvalue weighted by atomic mass is 16.2. The molecule has 5 nitrogen and oxygen atoms in total. The second kappa shape index (κ2) is 5.12. The topological polar surface area (TPSA) is 66.6 Å². The van der Waals surface area contributed by atoms with Crippen LogP contribution in [-0.2, 0) is 9.59 Å². The fourth-order valence-corrected chi connectivity index (χ4v) is 2.88. The third kappa shape index (κ3) is 3.08. The van der Waals surface area contributed by atoms with Gasteiger partial charge in [0.1, 0.15) is 0 Å². The van der Waals surface area contributed by atoms with E-state index in [2.05, 4.69) is 4.90 Å². The van der Waals surface area contributed by atoms with E-state index in [4.69, 9.17) is 5.73 Å². The standard InChI is InChI=1S/C14H25N3O2/c1-14(2,3)13(19)17-8-11(9-17)16-6-4-10(5-7-16)12(15)18/h10-11H,4-9H2,1-3H3,(H2,15,18). The number of amides is 2. The zero-order chi connectivity index (χ0) is 14.2. The second-order valence-electron chi connectivity index (χ2n) is 6.83. The summed E-state index contributed by atoms with van der Waals surface area (Å²) in [6.07, 6.45) is 1.72. The van der Waals surface area contributed by atoms with Gasteiger partial charge < -0.3 is 10.6 Å². The van der Waals surface area contributed by atoms with Gasteiger partial charge in [-0.2, -0.15) is 0 Å². The molecule has 0 unspecified atom stereocenters. The molecule has 0 aliphatic carbocycles. The van der Waals surface area contributed by atoms with Crippen molar-refractivity contribution in [3.8, 4) is 0 Å². The molecule has 0 aromatic carbocycles. The molecule has 0 aromatic rings. The SMILES string of the molecule is CC(C)(C)C(=O)N1CC(N2CCC(C(N)=O)CC2)C1. The molecule has 2 aliphatic rings. The lowest BCUT2D eigenvalue weighted by molar-refractivity contribution is -0.147. The molecule has 0 bridgehead atoms. The fourth-order valence-electron chi connectivity index (χ4n) is 2.88. The van der Waals surface area contributed by atoms with Crippen LogP contribution >= 0.6 is 0 Å². The van der Waals surface area contributed by atoms with Crippen LogP contribution in [0.2, 0.25) is 0 Å². The number of rotatable bonds is 2. The lowest BCUT2D eigenvalue weighted by atomic mass is 9.90. The third-order valence-corrected chi connectivity index (χ3v) is 4.24. The summed E-state index contributed by atoms with van der Waals surface area (Å²) in [5.74, 6) is 0.109. The van der Waals surface area contributed by atoms with Crippen LogP contribution in [0, 0.1) is 11.3 Å². The molecule has 2 heterocycles. The van der Waals surface area contributed by atoms with Gasteiger partial charge >= 0.3 is 0 Å². The van der Waals surface area contributed by atoms with Crippen LogP contribution in [0.5, 0.6) is 0 Å². The number of primary amides is 1. The quantitative estimate of drug-likeness (QED) is 0.789. The lowest BCUT2D eigenvalue weighted by Gasteiger charge is -2.48. The average molecular weight is 267 g/mol. The molecule has 2 amide bonds. The Balaban J connectivity index is 1.77. The number of nitrogens with two attached hydrogens (primary N) is 1. The zero-order valence-electron chi connectivity index (χ0n) is 12.2. The summed E-state index contributed by atoms with van der Waals surface area (Å²) in [6, 6.07) is 0.472. The van der Waals surface area contributed by atoms with Crippen LogP contribution in [0.4, 0.5) is 0 Å². The van der Waals surface area contributed by atoms with Crippen molar-refractivity contribution < 1.29 is 9.59 Å². The van der Waals surface area contributed by atoms with Crippen molar-refractivity contribution in [2.75, 3.05) is 26.2 Å². The largest absolute Gasteiger partial charge is 0.369 e. The molecule has 19 heavy (non-hydrogen) atoms. The molecule has 2 aliphatic heterocycles. The van der Waals surface area contributed by atoms with Gasteiger partial charge in [-0.05, 0) is 25.9 Å². The highest BCUT2D eigenvalue weighted by Crippen LogP contribution is 2.26. The van der Waals surface area contributed by atoms with Gasteiger partial charge in [0.05, 0.1) is 0 Å². The summed E-state index contributed by atoms with van der Waals surface area (Å²) in [6.45, 7) is 9.39. The molecule has 0 aromatic heterocycles. The van der Waals surface area contributed by atoms with E-state index in [1.807, 2.05) is 25.7 Å². The van der Waals surface area contributed by atoms with Crippen LogP contribution in [0.3, 0.4) is 0 Å². The van der Waals surface area contributed by atoms with Gasteiger partial charge in [-0.3, -0.25) is 14.5 Å². The number of piperidine rings is 1. The first kappa shape index (κ1) is 14.3. The Bertz CT molecular complexity index is 361. The highest BCUT2D eigenvalue weighted by Gasteiger charge is 2.39. The molecule has 108 valence electrons. The van der Waals surface area contributed by atoms with Gasteiger partial charge in [-0.25, -0.2) is 0 Å². The molecular formula is C14H25N3O2. The van der Waals surface area contributed by atoms with E-state index in [9.17, 15) is 9.59 Å². The first-order valence-electron chi connectivity index (χ1n) is 7.12. The van der Waals surface area contributed by atoms with Gasteiger partial charge in [0.15, 0.2) is 0 Å². The molecule has 2 fully saturated rings. The van der Waals surface area contributed by atoms with E-state index in [1.54, 1.807) is 0 Å². The Morgan fingerprint density at radius 3 is 2.05 bits per heavy atom. The minimum Gasteiger partial charge on any atom is -0.369 e. The predicted molar refractivity (Wildman–Crippen MR) is 73.3 cm³/mol. The van der Waals surface area contributed by atoms with Crippen LogP contribution in [0.1, 0.15) is 33.6 Å². The number of likely N-dealkylation sites (tertiary alicyclic amines) is 2. The van der Waals surface area contributed by atoms with Crippen molar-refractivity contribution in [1.82, 2.24) is 9.80 Å². The van der Waals surface area contributed by atoms with E-state index in [0.29, 0.717) is 6.04 Å². The number of nitrogens with zero attached hydrogens (tertiary/aromatic N) is 2. The van der Waals surface area contributed by atoms with Crippen molar-refractivity contribution in [2.24, 2.45) is 17.1 Å². The van der Waals surface area contributed by atoms with E-state index in [0.717, 1.165) is 39.0 Å². The Morgan fingerprint density at radius 2 is 1.63 bits per heavy atom. The molecular weight excluding hydrogens is 242 g/mol. The monoisotopic (exact) mass is 267 g/mol. The van der Waals surface area contributed by atoms with Crippen molar-refractivity contribution in [1.29, 1.82) is 0 Å². The van der Waals surface area contributed by atoms with Crippen molar-refractivity contribution in [3.05, 3.63) is 0 Å². The summed E-state index contributed by atoms with van der Waals surface area (Å²) < 4.78 is 0. The average Bonchev–Trinajstić information content (AvgIpc) is 2.26. The Morgan fingerprint density at radius 1 is 1.11 bits per heavy atom. The molecule has 0 atom stereocenters. The minimum atomic E-state index is -0.288. The molecule has 0 saturated carbocycles. The normalized spacial score (nSPS) is 23.2. The van der Waals surface area contributed by atoms with Gasteiger partial charge in [0.25, 0.3) is 0 Å². The minimum absolute atomic E-state index is 0.0450. The van der Waals surface area contributed by atoms with Gasteiger partial charge in [-0.1, -0.05) is 20.8 Å². The summed E-state index contributed by atoms with van der Waals surface area (Å²) in [4.78, 5) is 27.5. The van der Waals surface area contributed by atoms with Crippen molar-refractivity contribution in [2.45, 2.75) is 39.7 Å². The van der Waals surface area contributed by atoms with Crippen LogP contribution in [-0.4, -0.2) is 53.8 Å². The molecule has 5 heteroatoms. The predicted octanol–water partition coefficient (Wildman–Crippen LogP) is 0.441. The summed E-state index contributed by atoms with van der Waals surface area (Å²) in [5.41, 5.74) is 5.05. The molecule has 2 saturated heterocycles. The van der Waals surface area contributed by atoms with Crippen LogP contribution in [0.15, 0.2) is 0 Å². The molecule has 2 N–H and O–H groups in total. The third-order valence-electron chi connectivity index (χ3n) is 4.24. The maximum atomic E-state index is 12.1. The van der Waals surface area contributed by atoms with Gasteiger partial charge in [-0.15, -0.1) is 0 Å². The summed E-state index contributed by atoms with van der Waals surface area (Å²) >= 11 is 0. The van der Waals surface area contributed by atoms with E-state index in [-0.39, 0.29) is 23.1 Å². The molecule has 0 radical (unpaired) electrons. The van der Waals surface area contributed by atoms with Gasteiger partial charge in [0, 0.05) is 30.5 Å². The maximum absolute atomic E-state index is 12.1. The molecule has 0 spiro atoms. The van der Waals surface area contributed by atoms with E-state index in [1.165, 1.54) is 0 Å². The van der Waals surface area contributed by atoms with Gasteiger partial charge in [0.2, 0.25) is 11.8 Å². The second-order valence-corrected chi connectivity index (χ2v) is 6.83. The Hall–Kier alpha value is -1.10. The number of carbonyl (C=O) groups is 2. The van der Waals surface area contributed by atoms with Crippen molar-refractivity contribution >= 4 is 11.8 Å². The summed E-state index contributed by atoms with van der Waals surface area (Å²) in [5, 5.41) is 0. The number of hydrogen-bond acceptors (Lipinski definition) is 3. The lowest BCUT2D eigenvalue weighted by Crippen LogP contribution is -2.64. The Kier molecular flexibility index (Phi) is 3.85. The number of hydrogen-bond donors (Lipinski definition) is 1. The van der Waals surface area contributed by atoms with E-state index >= 15 is 0 Å². The maximum Gasteiger partial charge on any atom is 0.228 e. The fraction of sp³-hybridized carbons (Fsp3) is 0.857. The van der Waals surface area contributed by atoms with Crippen LogP contribution in [0.25, 0.3) is 0 Å². The first-order valence-corrected chi connectivity index (χ1v) is 7.12. The highest BCUT2D eigenvalue weighted by molar-refractivity contribution is 5.82. The zero-order valence-corrected chi connectivity index (χ0v) is 12.2. The van der Waals surface area contributed by atoms with E-state index < -0.39 is 0 Å². The summed E-state index contributed by atoms with van der Waals surface area (Å²) in [7, 11) is 0. The van der Waals surface area contributed by atoms with Crippen LogP contribution < -0.4 is 5.73 Å². The van der Waals surface area contributed by atoms with Crippen molar-refractivity contribution in [3.63, 3.8) is 0 Å². The Labute approximate surface area is 115 Å². The molecule has 2 rings (SSSR count). The smallest absolute Gasteiger partial charge is 0.228 e. The number of carbonyl (C=O) groups excluding carboxylic acids is 2. The first-order chi connectivity index (χ1) is 8.79.